The number of likely N-dealkylation sites (tertiary alicyclic amines) is 1. The van der Waals surface area contributed by atoms with Crippen molar-refractivity contribution in [1.29, 1.82) is 0 Å². The highest BCUT2D eigenvalue weighted by Gasteiger charge is 2.50. The summed E-state index contributed by atoms with van der Waals surface area (Å²) in [5, 5.41) is 14.8. The quantitative estimate of drug-likeness (QED) is 0.488. The highest BCUT2D eigenvalue weighted by atomic mass is 16.4. The highest BCUT2D eigenvalue weighted by molar-refractivity contribution is 6.07. The van der Waals surface area contributed by atoms with Gasteiger partial charge in [0.05, 0.1) is 5.41 Å². The van der Waals surface area contributed by atoms with Gasteiger partial charge in [-0.05, 0) is 32.6 Å². The Bertz CT molecular complexity index is 646. The van der Waals surface area contributed by atoms with Gasteiger partial charge in [0.25, 0.3) is 5.91 Å². The molecule has 9 heteroatoms. The van der Waals surface area contributed by atoms with Crippen LogP contribution in [0.3, 0.4) is 0 Å². The lowest BCUT2D eigenvalue weighted by atomic mass is 9.82. The zero-order chi connectivity index (χ0) is 19.7. The van der Waals surface area contributed by atoms with Crippen LogP contribution in [0.15, 0.2) is 0 Å². The highest BCUT2D eigenvalue weighted by Crippen LogP contribution is 2.33. The van der Waals surface area contributed by atoms with Crippen LogP contribution in [0.2, 0.25) is 0 Å². The van der Waals surface area contributed by atoms with Crippen molar-refractivity contribution in [2.45, 2.75) is 57.4 Å². The number of carboxylic acids is 1. The monoisotopic (exact) mass is 380 g/mol. The Balaban J connectivity index is 1.43. The smallest absolute Gasteiger partial charge is 0.325 e. The van der Waals surface area contributed by atoms with Crippen LogP contribution in [-0.4, -0.2) is 70.6 Å². The molecule has 0 aromatic heterocycles. The van der Waals surface area contributed by atoms with E-state index in [0.29, 0.717) is 38.8 Å². The lowest BCUT2D eigenvalue weighted by Crippen LogP contribution is -2.48. The van der Waals surface area contributed by atoms with Crippen LogP contribution in [0.4, 0.5) is 9.59 Å². The Morgan fingerprint density at radius 3 is 2.52 bits per heavy atom. The lowest BCUT2D eigenvalue weighted by molar-refractivity contribution is -0.147. The molecule has 150 valence electrons. The van der Waals surface area contributed by atoms with Gasteiger partial charge >= 0.3 is 18.0 Å². The zero-order valence-corrected chi connectivity index (χ0v) is 15.8. The van der Waals surface area contributed by atoms with Crippen molar-refractivity contribution < 1.29 is 24.3 Å². The fourth-order valence-corrected chi connectivity index (χ4v) is 4.23. The molecule has 3 aliphatic rings. The molecule has 1 atom stereocenters. The van der Waals surface area contributed by atoms with Crippen molar-refractivity contribution in [2.24, 2.45) is 5.41 Å². The van der Waals surface area contributed by atoms with E-state index in [1.54, 1.807) is 6.92 Å². The molecule has 2 aliphatic heterocycles. The van der Waals surface area contributed by atoms with Crippen molar-refractivity contribution in [3.05, 3.63) is 0 Å². The van der Waals surface area contributed by atoms with Crippen molar-refractivity contribution in [1.82, 2.24) is 20.4 Å². The molecule has 0 radical (unpaired) electrons. The zero-order valence-electron chi connectivity index (χ0n) is 15.8. The van der Waals surface area contributed by atoms with Gasteiger partial charge in [-0.25, -0.2) is 9.59 Å². The molecule has 27 heavy (non-hydrogen) atoms. The number of nitrogens with zero attached hydrogens (tertiary/aromatic N) is 2. The molecule has 1 spiro atoms. The maximum Gasteiger partial charge on any atom is 0.325 e. The van der Waals surface area contributed by atoms with Gasteiger partial charge in [0.2, 0.25) is 0 Å². The molecule has 1 unspecified atom stereocenters. The maximum absolute atomic E-state index is 12.7. The van der Waals surface area contributed by atoms with Gasteiger partial charge in [-0.15, -0.1) is 0 Å². The van der Waals surface area contributed by atoms with E-state index >= 15 is 0 Å². The minimum Gasteiger partial charge on any atom is -0.481 e. The Labute approximate surface area is 158 Å². The van der Waals surface area contributed by atoms with Crippen molar-refractivity contribution in [3.8, 4) is 0 Å². The van der Waals surface area contributed by atoms with E-state index in [2.05, 4.69) is 10.6 Å². The fraction of sp³-hybridized carbons (Fsp3) is 0.778. The Kier molecular flexibility index (Phi) is 5.30. The summed E-state index contributed by atoms with van der Waals surface area (Å²) in [4.78, 5) is 51.0. The lowest BCUT2D eigenvalue weighted by Gasteiger charge is -2.30. The number of hydrogen-bond acceptors (Lipinski definition) is 4. The van der Waals surface area contributed by atoms with Crippen molar-refractivity contribution in [3.63, 3.8) is 0 Å². The summed E-state index contributed by atoms with van der Waals surface area (Å²) in [6, 6.07) is -0.647. The third-order valence-corrected chi connectivity index (χ3v) is 6.06. The minimum atomic E-state index is -0.897. The summed E-state index contributed by atoms with van der Waals surface area (Å²) in [6.45, 7) is 2.82. The van der Waals surface area contributed by atoms with E-state index in [0.717, 1.165) is 19.3 Å². The molecule has 9 nitrogen and oxygen atoms in total. The standard InChI is InChI=1S/C18H28N4O5/c1-17(14(24)25)8-11-21(12-17)15(26)19-9-5-10-22-13(23)18(20-16(22)27)6-3-2-4-7-18/h2-12H2,1H3,(H,19,26)(H,20,27)(H,24,25). The van der Waals surface area contributed by atoms with Crippen LogP contribution in [0.5, 0.6) is 0 Å². The van der Waals surface area contributed by atoms with Crippen LogP contribution in [0.25, 0.3) is 0 Å². The number of carbonyl (C=O) groups excluding carboxylic acids is 3. The first kappa shape index (κ1) is 19.4. The predicted octanol–water partition coefficient (Wildman–Crippen LogP) is 1.14. The average molecular weight is 380 g/mol. The van der Waals surface area contributed by atoms with Crippen LogP contribution in [0.1, 0.15) is 51.9 Å². The van der Waals surface area contributed by atoms with Gasteiger partial charge in [-0.2, -0.15) is 0 Å². The molecule has 0 bridgehead atoms. The Morgan fingerprint density at radius 2 is 1.89 bits per heavy atom. The van der Waals surface area contributed by atoms with E-state index in [-0.39, 0.29) is 31.1 Å². The van der Waals surface area contributed by atoms with E-state index in [4.69, 9.17) is 0 Å². The summed E-state index contributed by atoms with van der Waals surface area (Å²) in [5.41, 5.74) is -1.61. The molecule has 1 aliphatic carbocycles. The number of imide groups is 1. The molecule has 2 heterocycles. The Hall–Kier alpha value is -2.32. The summed E-state index contributed by atoms with van der Waals surface area (Å²) < 4.78 is 0. The molecule has 1 saturated carbocycles. The number of aliphatic carboxylic acids is 1. The van der Waals surface area contributed by atoms with Crippen LogP contribution < -0.4 is 10.6 Å². The Morgan fingerprint density at radius 1 is 1.19 bits per heavy atom. The summed E-state index contributed by atoms with van der Waals surface area (Å²) in [7, 11) is 0. The van der Waals surface area contributed by atoms with E-state index in [1.165, 1.54) is 9.80 Å². The second-order valence-electron chi connectivity index (χ2n) is 8.15. The number of carboxylic acid groups (broad SMARTS) is 1. The molecule has 3 fully saturated rings. The number of nitrogens with one attached hydrogen (secondary N) is 2. The van der Waals surface area contributed by atoms with Gasteiger partial charge in [-0.3, -0.25) is 14.5 Å². The van der Waals surface area contributed by atoms with Gasteiger partial charge in [0, 0.05) is 26.2 Å². The molecule has 5 amide bonds. The summed E-state index contributed by atoms with van der Waals surface area (Å²) >= 11 is 0. The average Bonchev–Trinajstić information content (AvgIpc) is 3.14. The molecule has 3 N–H and O–H groups in total. The number of hydrogen-bond donors (Lipinski definition) is 3. The number of urea groups is 2. The van der Waals surface area contributed by atoms with E-state index in [1.807, 2.05) is 0 Å². The van der Waals surface area contributed by atoms with Crippen molar-refractivity contribution >= 4 is 23.9 Å². The molecule has 3 rings (SSSR count). The van der Waals surface area contributed by atoms with Crippen LogP contribution >= 0.6 is 0 Å². The van der Waals surface area contributed by atoms with Crippen molar-refractivity contribution in [2.75, 3.05) is 26.2 Å². The van der Waals surface area contributed by atoms with E-state index < -0.39 is 16.9 Å². The number of carbonyl (C=O) groups is 4. The first-order valence-electron chi connectivity index (χ1n) is 9.68. The fourth-order valence-electron chi connectivity index (χ4n) is 4.23. The first-order valence-corrected chi connectivity index (χ1v) is 9.68. The SMILES string of the molecule is CC1(C(=O)O)CCN(C(=O)NCCCN2C(=O)NC3(CCCCC3)C2=O)C1. The second-order valence-corrected chi connectivity index (χ2v) is 8.15. The minimum absolute atomic E-state index is 0.143. The van der Waals surface area contributed by atoms with Gasteiger partial charge in [0.1, 0.15) is 5.54 Å². The van der Waals surface area contributed by atoms with Gasteiger partial charge in [-0.1, -0.05) is 19.3 Å². The van der Waals surface area contributed by atoms with Crippen LogP contribution in [0, 0.1) is 5.41 Å². The summed E-state index contributed by atoms with van der Waals surface area (Å²) in [6.07, 6.45) is 5.27. The molecule has 2 saturated heterocycles. The molecule has 0 aromatic carbocycles. The number of amides is 5. The van der Waals surface area contributed by atoms with Crippen LogP contribution in [-0.2, 0) is 9.59 Å². The maximum atomic E-state index is 12.7. The second kappa shape index (κ2) is 7.36. The van der Waals surface area contributed by atoms with Gasteiger partial charge in [0.15, 0.2) is 0 Å². The number of rotatable bonds is 5. The first-order chi connectivity index (χ1) is 12.8. The summed E-state index contributed by atoms with van der Waals surface area (Å²) in [5.74, 6) is -1.04. The topological polar surface area (TPSA) is 119 Å². The normalized spacial score (nSPS) is 27.1. The van der Waals surface area contributed by atoms with Gasteiger partial charge < -0.3 is 20.6 Å². The molecule has 0 aromatic rings. The molecular weight excluding hydrogens is 352 g/mol. The van der Waals surface area contributed by atoms with E-state index in [9.17, 15) is 24.3 Å². The predicted molar refractivity (Wildman–Crippen MR) is 96.0 cm³/mol. The third kappa shape index (κ3) is 3.72. The third-order valence-electron chi connectivity index (χ3n) is 6.06. The largest absolute Gasteiger partial charge is 0.481 e. The molecular formula is C18H28N4O5.